The van der Waals surface area contributed by atoms with Gasteiger partial charge in [-0.05, 0) is 52.2 Å². The second-order valence-corrected chi connectivity index (χ2v) is 4.87. The van der Waals surface area contributed by atoms with Gasteiger partial charge in [-0.3, -0.25) is 9.69 Å². The first-order chi connectivity index (χ1) is 8.19. The van der Waals surface area contributed by atoms with Crippen LogP contribution in [0.25, 0.3) is 0 Å². The molecule has 0 atom stereocenters. The summed E-state index contributed by atoms with van der Waals surface area (Å²) in [4.78, 5) is 15.2. The van der Waals surface area contributed by atoms with E-state index in [4.69, 9.17) is 4.42 Å². The molecular formula is C13H20N2O2. The summed E-state index contributed by atoms with van der Waals surface area (Å²) in [5.41, 5.74) is 0. The maximum atomic E-state index is 10.5. The van der Waals surface area contributed by atoms with Crippen LogP contribution in [0, 0.1) is 0 Å². The van der Waals surface area contributed by atoms with E-state index in [-0.39, 0.29) is 0 Å². The Hall–Kier alpha value is -1.13. The zero-order valence-electron chi connectivity index (χ0n) is 10.6. The SMILES string of the molecule is CN1CCC(N(C)Cc2ccc(C=O)o2)CC1. The fourth-order valence-electron chi connectivity index (χ4n) is 2.35. The van der Waals surface area contributed by atoms with E-state index in [1.807, 2.05) is 6.07 Å². The minimum absolute atomic E-state index is 0.414. The minimum Gasteiger partial charge on any atom is -0.457 e. The smallest absolute Gasteiger partial charge is 0.185 e. The highest BCUT2D eigenvalue weighted by Crippen LogP contribution is 2.17. The molecule has 17 heavy (non-hydrogen) atoms. The summed E-state index contributed by atoms with van der Waals surface area (Å²) in [7, 11) is 4.29. The molecule has 4 heteroatoms. The van der Waals surface area contributed by atoms with E-state index in [2.05, 4.69) is 23.9 Å². The molecule has 2 rings (SSSR count). The van der Waals surface area contributed by atoms with Crippen LogP contribution >= 0.6 is 0 Å². The van der Waals surface area contributed by atoms with Gasteiger partial charge in [0, 0.05) is 6.04 Å². The van der Waals surface area contributed by atoms with Crippen molar-refractivity contribution in [3.05, 3.63) is 23.7 Å². The van der Waals surface area contributed by atoms with Gasteiger partial charge in [-0.25, -0.2) is 0 Å². The van der Waals surface area contributed by atoms with Crippen molar-refractivity contribution in [1.82, 2.24) is 9.80 Å². The number of aldehydes is 1. The molecule has 1 aliphatic heterocycles. The van der Waals surface area contributed by atoms with Gasteiger partial charge >= 0.3 is 0 Å². The van der Waals surface area contributed by atoms with Gasteiger partial charge in [-0.1, -0.05) is 0 Å². The Kier molecular flexibility index (Phi) is 3.97. The maximum Gasteiger partial charge on any atom is 0.185 e. The Morgan fingerprint density at radius 1 is 1.47 bits per heavy atom. The van der Waals surface area contributed by atoms with Crippen molar-refractivity contribution in [3.8, 4) is 0 Å². The van der Waals surface area contributed by atoms with E-state index in [0.717, 1.165) is 31.7 Å². The molecule has 0 amide bonds. The lowest BCUT2D eigenvalue weighted by Gasteiger charge is -2.34. The van der Waals surface area contributed by atoms with Gasteiger partial charge in [0.05, 0.1) is 6.54 Å². The van der Waals surface area contributed by atoms with Crippen LogP contribution in [0.15, 0.2) is 16.5 Å². The quantitative estimate of drug-likeness (QED) is 0.744. The van der Waals surface area contributed by atoms with Gasteiger partial charge in [0.1, 0.15) is 5.76 Å². The summed E-state index contributed by atoms with van der Waals surface area (Å²) < 4.78 is 5.40. The van der Waals surface area contributed by atoms with E-state index in [0.29, 0.717) is 11.8 Å². The fraction of sp³-hybridized carbons (Fsp3) is 0.615. The van der Waals surface area contributed by atoms with Gasteiger partial charge in [-0.2, -0.15) is 0 Å². The number of hydrogen-bond acceptors (Lipinski definition) is 4. The highest BCUT2D eigenvalue weighted by atomic mass is 16.3. The topological polar surface area (TPSA) is 36.7 Å². The van der Waals surface area contributed by atoms with Gasteiger partial charge in [0.2, 0.25) is 0 Å². The number of carbonyl (C=O) groups excluding carboxylic acids is 1. The monoisotopic (exact) mass is 236 g/mol. The van der Waals surface area contributed by atoms with Crippen LogP contribution in [0.2, 0.25) is 0 Å². The highest BCUT2D eigenvalue weighted by Gasteiger charge is 2.21. The number of likely N-dealkylation sites (tertiary alicyclic amines) is 1. The zero-order valence-corrected chi connectivity index (χ0v) is 10.6. The summed E-state index contributed by atoms with van der Waals surface area (Å²) in [5.74, 6) is 1.28. The minimum atomic E-state index is 0.414. The zero-order chi connectivity index (χ0) is 12.3. The number of nitrogens with zero attached hydrogens (tertiary/aromatic N) is 2. The van der Waals surface area contributed by atoms with Crippen molar-refractivity contribution < 1.29 is 9.21 Å². The molecule has 1 aromatic heterocycles. The average molecular weight is 236 g/mol. The second-order valence-electron chi connectivity index (χ2n) is 4.87. The molecule has 0 unspecified atom stereocenters. The molecule has 0 aliphatic carbocycles. The summed E-state index contributed by atoms with van der Waals surface area (Å²) in [5, 5.41) is 0. The summed E-state index contributed by atoms with van der Waals surface area (Å²) in [6.45, 7) is 3.10. The Bertz CT molecular complexity index is 367. The molecule has 2 heterocycles. The molecule has 4 nitrogen and oxygen atoms in total. The molecule has 1 aromatic rings. The Balaban J connectivity index is 1.87. The predicted octanol–water partition coefficient (Wildman–Crippen LogP) is 1.62. The molecule has 0 bridgehead atoms. The van der Waals surface area contributed by atoms with Gasteiger partial charge in [0.25, 0.3) is 0 Å². The number of carbonyl (C=O) groups is 1. The molecule has 1 aliphatic rings. The van der Waals surface area contributed by atoms with Crippen LogP contribution in [0.5, 0.6) is 0 Å². The predicted molar refractivity (Wildman–Crippen MR) is 66.1 cm³/mol. The molecule has 0 radical (unpaired) electrons. The van der Waals surface area contributed by atoms with Gasteiger partial charge in [-0.15, -0.1) is 0 Å². The summed E-state index contributed by atoms with van der Waals surface area (Å²) in [6.07, 6.45) is 3.15. The standard InChI is InChI=1S/C13H20N2O2/c1-14-7-5-11(6-8-14)15(2)9-12-3-4-13(10-16)17-12/h3-4,10-11H,5-9H2,1-2H3. The molecule has 1 saturated heterocycles. The number of rotatable bonds is 4. The van der Waals surface area contributed by atoms with Crippen LogP contribution in [-0.4, -0.2) is 49.3 Å². The third kappa shape index (κ3) is 3.17. The van der Waals surface area contributed by atoms with E-state index in [9.17, 15) is 4.79 Å². The highest BCUT2D eigenvalue weighted by molar-refractivity contribution is 5.70. The van der Waals surface area contributed by atoms with Crippen molar-refractivity contribution in [3.63, 3.8) is 0 Å². The van der Waals surface area contributed by atoms with E-state index >= 15 is 0 Å². The first-order valence-electron chi connectivity index (χ1n) is 6.11. The first kappa shape index (κ1) is 12.3. The Morgan fingerprint density at radius 2 is 2.18 bits per heavy atom. The lowest BCUT2D eigenvalue weighted by atomic mass is 10.0. The third-order valence-corrected chi connectivity index (χ3v) is 3.52. The van der Waals surface area contributed by atoms with Crippen LogP contribution < -0.4 is 0 Å². The van der Waals surface area contributed by atoms with Crippen LogP contribution in [0.4, 0.5) is 0 Å². The lowest BCUT2D eigenvalue weighted by Crippen LogP contribution is -2.41. The third-order valence-electron chi connectivity index (χ3n) is 3.52. The number of hydrogen-bond donors (Lipinski definition) is 0. The molecule has 0 N–H and O–H groups in total. The van der Waals surface area contributed by atoms with E-state index in [1.165, 1.54) is 12.8 Å². The molecule has 0 spiro atoms. The number of piperidine rings is 1. The lowest BCUT2D eigenvalue weighted by molar-refractivity contribution is 0.109. The second kappa shape index (κ2) is 5.47. The molecule has 0 saturated carbocycles. The van der Waals surface area contributed by atoms with Crippen molar-refractivity contribution in [1.29, 1.82) is 0 Å². The number of furan rings is 1. The van der Waals surface area contributed by atoms with Crippen LogP contribution in [0.1, 0.15) is 29.2 Å². The normalized spacial score (nSPS) is 18.8. The summed E-state index contributed by atoms with van der Waals surface area (Å²) in [6, 6.07) is 4.23. The Labute approximate surface area is 102 Å². The fourth-order valence-corrected chi connectivity index (χ4v) is 2.35. The van der Waals surface area contributed by atoms with Crippen molar-refractivity contribution in [2.75, 3.05) is 27.2 Å². The largest absolute Gasteiger partial charge is 0.457 e. The van der Waals surface area contributed by atoms with Gasteiger partial charge in [0.15, 0.2) is 12.0 Å². The van der Waals surface area contributed by atoms with Crippen molar-refractivity contribution in [2.45, 2.75) is 25.4 Å². The maximum absolute atomic E-state index is 10.5. The first-order valence-corrected chi connectivity index (χ1v) is 6.11. The summed E-state index contributed by atoms with van der Waals surface area (Å²) >= 11 is 0. The van der Waals surface area contributed by atoms with Crippen LogP contribution in [-0.2, 0) is 6.54 Å². The van der Waals surface area contributed by atoms with Crippen LogP contribution in [0.3, 0.4) is 0 Å². The molecule has 94 valence electrons. The molecule has 0 aromatic carbocycles. The molecule has 1 fully saturated rings. The average Bonchev–Trinajstić information content (AvgIpc) is 2.77. The van der Waals surface area contributed by atoms with Crippen molar-refractivity contribution in [2.24, 2.45) is 0 Å². The van der Waals surface area contributed by atoms with Gasteiger partial charge < -0.3 is 9.32 Å². The van der Waals surface area contributed by atoms with E-state index < -0.39 is 0 Å². The van der Waals surface area contributed by atoms with E-state index in [1.54, 1.807) is 6.07 Å². The Morgan fingerprint density at radius 3 is 2.76 bits per heavy atom. The van der Waals surface area contributed by atoms with Crippen molar-refractivity contribution >= 4 is 6.29 Å². The molecular weight excluding hydrogens is 216 g/mol.